The van der Waals surface area contributed by atoms with Crippen molar-refractivity contribution >= 4 is 14.3 Å². The molecule has 2 aromatic carbocycles. The minimum atomic E-state index is -1.02. The van der Waals surface area contributed by atoms with Gasteiger partial charge in [0.25, 0.3) is 0 Å². The first-order valence-electron chi connectivity index (χ1n) is 7.38. The van der Waals surface area contributed by atoms with E-state index in [1.54, 1.807) is 11.1 Å². The zero-order chi connectivity index (χ0) is 14.7. The molecule has 0 unspecified atom stereocenters. The van der Waals surface area contributed by atoms with Crippen molar-refractivity contribution in [2.45, 2.75) is 44.0 Å². The van der Waals surface area contributed by atoms with Crippen LogP contribution in [0, 0.1) is 27.7 Å². The summed E-state index contributed by atoms with van der Waals surface area (Å²) < 4.78 is 0. The van der Waals surface area contributed by atoms with Crippen LogP contribution in [0.15, 0.2) is 36.4 Å². The fourth-order valence-corrected chi connectivity index (χ4v) is 7.14. The van der Waals surface area contributed by atoms with Crippen molar-refractivity contribution in [3.8, 4) is 0 Å². The second-order valence-electron chi connectivity index (χ2n) is 6.30. The standard InChI is InChI=1S/C19H25Ge/c1-14-6-15(2)9-18(8-14)12-20(5)13-19-10-16(3)7-17(4)11-19/h6-11H,12-13H2,1-5H3. The summed E-state index contributed by atoms with van der Waals surface area (Å²) in [6, 6.07) is 14.0. The fourth-order valence-electron chi connectivity index (χ4n) is 3.10. The van der Waals surface area contributed by atoms with Crippen LogP contribution in [0.1, 0.15) is 33.4 Å². The Morgan fingerprint density at radius 2 is 0.900 bits per heavy atom. The molecule has 20 heavy (non-hydrogen) atoms. The van der Waals surface area contributed by atoms with Crippen molar-refractivity contribution in [2.75, 3.05) is 0 Å². The molecule has 2 rings (SSSR count). The molecule has 0 aliphatic heterocycles. The van der Waals surface area contributed by atoms with Gasteiger partial charge in [0.05, 0.1) is 0 Å². The molecule has 1 radical (unpaired) electrons. The first-order valence-corrected chi connectivity index (χ1v) is 12.4. The summed E-state index contributed by atoms with van der Waals surface area (Å²) in [7, 11) is 0. The molecule has 0 amide bonds. The minimum absolute atomic E-state index is 1.02. The van der Waals surface area contributed by atoms with E-state index in [-0.39, 0.29) is 0 Å². The Hall–Kier alpha value is -1.02. The van der Waals surface area contributed by atoms with E-state index in [0.717, 1.165) is 0 Å². The van der Waals surface area contributed by atoms with Gasteiger partial charge in [-0.1, -0.05) is 0 Å². The Kier molecular flexibility index (Phi) is 5.09. The third-order valence-electron chi connectivity index (χ3n) is 3.57. The summed E-state index contributed by atoms with van der Waals surface area (Å²) in [5.74, 6) is 2.52. The quantitative estimate of drug-likeness (QED) is 0.701. The predicted octanol–water partition coefficient (Wildman–Crippen LogP) is 4.91. The van der Waals surface area contributed by atoms with Crippen molar-refractivity contribution in [3.63, 3.8) is 0 Å². The van der Waals surface area contributed by atoms with Crippen LogP contribution in [0.2, 0.25) is 5.76 Å². The topological polar surface area (TPSA) is 0 Å². The zero-order valence-electron chi connectivity index (χ0n) is 13.4. The van der Waals surface area contributed by atoms with Crippen molar-refractivity contribution in [2.24, 2.45) is 0 Å². The van der Waals surface area contributed by atoms with E-state index < -0.39 is 14.3 Å². The zero-order valence-corrected chi connectivity index (χ0v) is 15.5. The summed E-state index contributed by atoms with van der Waals surface area (Å²) in [5.41, 5.74) is 8.69. The Bertz CT molecular complexity index is 505. The summed E-state index contributed by atoms with van der Waals surface area (Å²) in [4.78, 5) is 0. The molecule has 0 nitrogen and oxygen atoms in total. The molecule has 2 aromatic rings. The maximum atomic E-state index is 2.52. The van der Waals surface area contributed by atoms with Crippen LogP contribution in [-0.2, 0) is 10.5 Å². The number of rotatable bonds is 4. The van der Waals surface area contributed by atoms with Gasteiger partial charge in [-0.05, 0) is 0 Å². The molecule has 0 atom stereocenters. The second kappa shape index (κ2) is 6.62. The third-order valence-corrected chi connectivity index (χ3v) is 7.82. The fraction of sp³-hybridized carbons (Fsp3) is 0.368. The van der Waals surface area contributed by atoms with Gasteiger partial charge in [-0.25, -0.2) is 0 Å². The molecule has 0 heterocycles. The van der Waals surface area contributed by atoms with E-state index in [0.29, 0.717) is 0 Å². The maximum absolute atomic E-state index is 2.52. The molecule has 0 N–H and O–H groups in total. The van der Waals surface area contributed by atoms with Crippen molar-refractivity contribution in [1.82, 2.24) is 0 Å². The molecule has 0 bridgehead atoms. The van der Waals surface area contributed by atoms with Crippen LogP contribution in [-0.4, -0.2) is 14.3 Å². The summed E-state index contributed by atoms with van der Waals surface area (Å²) in [5, 5.41) is 2.66. The summed E-state index contributed by atoms with van der Waals surface area (Å²) in [6.45, 7) is 8.82. The van der Waals surface area contributed by atoms with Crippen LogP contribution in [0.5, 0.6) is 0 Å². The van der Waals surface area contributed by atoms with Gasteiger partial charge in [-0.2, -0.15) is 0 Å². The Morgan fingerprint density at radius 1 is 0.600 bits per heavy atom. The average molecular weight is 326 g/mol. The van der Waals surface area contributed by atoms with Gasteiger partial charge in [-0.15, -0.1) is 0 Å². The normalized spacial score (nSPS) is 11.1. The predicted molar refractivity (Wildman–Crippen MR) is 90.9 cm³/mol. The number of benzene rings is 2. The van der Waals surface area contributed by atoms with E-state index in [9.17, 15) is 0 Å². The first kappa shape index (κ1) is 15.4. The molecule has 0 saturated carbocycles. The molecule has 1 heteroatoms. The average Bonchev–Trinajstić information content (AvgIpc) is 2.24. The summed E-state index contributed by atoms with van der Waals surface area (Å²) >= 11 is -1.02. The van der Waals surface area contributed by atoms with E-state index in [4.69, 9.17) is 0 Å². The Balaban J connectivity index is 2.06. The van der Waals surface area contributed by atoms with Crippen LogP contribution in [0.25, 0.3) is 0 Å². The van der Waals surface area contributed by atoms with Crippen LogP contribution < -0.4 is 0 Å². The molecule has 0 aliphatic rings. The third kappa shape index (κ3) is 4.52. The van der Waals surface area contributed by atoms with Gasteiger partial charge in [0.2, 0.25) is 0 Å². The van der Waals surface area contributed by atoms with Crippen LogP contribution >= 0.6 is 0 Å². The van der Waals surface area contributed by atoms with Gasteiger partial charge in [0, 0.05) is 0 Å². The second-order valence-corrected chi connectivity index (χ2v) is 11.8. The SMILES string of the molecule is Cc1cc(C)cc([CH2][Ge]([CH3])[CH2]c2cc(C)cc(C)c2)c1. The number of hydrogen-bond acceptors (Lipinski definition) is 0. The van der Waals surface area contributed by atoms with Gasteiger partial charge >= 0.3 is 128 Å². The van der Waals surface area contributed by atoms with Gasteiger partial charge < -0.3 is 0 Å². The van der Waals surface area contributed by atoms with Gasteiger partial charge in [0.1, 0.15) is 0 Å². The van der Waals surface area contributed by atoms with Crippen molar-refractivity contribution in [3.05, 3.63) is 69.8 Å². The van der Waals surface area contributed by atoms with E-state index in [2.05, 4.69) is 69.8 Å². The van der Waals surface area contributed by atoms with Gasteiger partial charge in [-0.3, -0.25) is 0 Å². The molecular formula is C19H25Ge. The molecule has 0 fully saturated rings. The molecule has 0 spiro atoms. The van der Waals surface area contributed by atoms with Crippen molar-refractivity contribution < 1.29 is 0 Å². The van der Waals surface area contributed by atoms with Crippen LogP contribution in [0.3, 0.4) is 0 Å². The van der Waals surface area contributed by atoms with Gasteiger partial charge in [0.15, 0.2) is 0 Å². The number of hydrogen-bond donors (Lipinski definition) is 0. The monoisotopic (exact) mass is 327 g/mol. The molecule has 0 aliphatic carbocycles. The molecule has 105 valence electrons. The first-order chi connectivity index (χ1) is 9.42. The van der Waals surface area contributed by atoms with E-state index >= 15 is 0 Å². The van der Waals surface area contributed by atoms with Crippen LogP contribution in [0.4, 0.5) is 0 Å². The Morgan fingerprint density at radius 3 is 1.20 bits per heavy atom. The Labute approximate surface area is 128 Å². The molecule has 0 saturated heterocycles. The van der Waals surface area contributed by atoms with Crippen molar-refractivity contribution in [1.29, 1.82) is 0 Å². The van der Waals surface area contributed by atoms with E-state index in [1.165, 1.54) is 32.8 Å². The number of aryl methyl sites for hydroxylation is 4. The molecular weight excluding hydrogens is 301 g/mol. The van der Waals surface area contributed by atoms with E-state index in [1.807, 2.05) is 0 Å². The summed E-state index contributed by atoms with van der Waals surface area (Å²) in [6.07, 6.45) is 0. The molecule has 0 aromatic heterocycles.